The third kappa shape index (κ3) is 23.9. The van der Waals surface area contributed by atoms with E-state index in [1.165, 1.54) is 101 Å². The highest BCUT2D eigenvalue weighted by atomic mass is 19.1. The Morgan fingerprint density at radius 3 is 1.43 bits per heavy atom. The second-order valence-electron chi connectivity index (χ2n) is 29.3. The quantitative estimate of drug-likeness (QED) is 0.0926. The van der Waals surface area contributed by atoms with E-state index in [-0.39, 0.29) is 86.3 Å². The molecule has 0 aliphatic carbocycles. The molecule has 3 aromatic carbocycles. The van der Waals surface area contributed by atoms with E-state index in [1.54, 1.807) is 69.3 Å². The smallest absolute Gasteiger partial charge is 0.248 e. The number of Topliss-reactive ketones (excluding diaryl/α,β-unsaturated/α-hetero) is 1. The van der Waals surface area contributed by atoms with Crippen LogP contribution in [0.15, 0.2) is 78.9 Å². The van der Waals surface area contributed by atoms with Gasteiger partial charge < -0.3 is 65.8 Å². The Kier molecular flexibility index (Phi) is 33.2. The van der Waals surface area contributed by atoms with Crippen LogP contribution in [0.4, 0.5) is 4.39 Å². The highest BCUT2D eigenvalue weighted by molar-refractivity contribution is 6.05. The molecule has 11 amide bonds. The van der Waals surface area contributed by atoms with Crippen LogP contribution in [-0.2, 0) is 65.6 Å². The van der Waals surface area contributed by atoms with Crippen LogP contribution in [0.5, 0.6) is 5.75 Å². The van der Waals surface area contributed by atoms with E-state index in [2.05, 4.69) is 21.3 Å². The second kappa shape index (κ2) is 39.6. The average molecular weight is 1420 g/mol. The van der Waals surface area contributed by atoms with Crippen molar-refractivity contribution >= 4 is 70.8 Å². The summed E-state index contributed by atoms with van der Waals surface area (Å²) in [6.45, 7) is 20.8. The molecule has 0 radical (unpaired) electrons. The van der Waals surface area contributed by atoms with Crippen LogP contribution in [-0.4, -0.2) is 238 Å². The maximum absolute atomic E-state index is 15.6. The van der Waals surface area contributed by atoms with Crippen molar-refractivity contribution in [1.29, 1.82) is 0 Å². The van der Waals surface area contributed by atoms with E-state index in [9.17, 15) is 48.6 Å². The van der Waals surface area contributed by atoms with E-state index in [1.807, 2.05) is 48.5 Å². The van der Waals surface area contributed by atoms with Gasteiger partial charge in [0.25, 0.3) is 0 Å². The zero-order valence-electron chi connectivity index (χ0n) is 63.3. The molecule has 0 spiro atoms. The summed E-state index contributed by atoms with van der Waals surface area (Å²) in [5.74, 6) is -12.0. The Balaban J connectivity index is 1.96. The van der Waals surface area contributed by atoms with Gasteiger partial charge >= 0.3 is 0 Å². The number of rotatable bonds is 17. The summed E-state index contributed by atoms with van der Waals surface area (Å²) >= 11 is 0. The van der Waals surface area contributed by atoms with Crippen LogP contribution in [0.25, 0.3) is 0 Å². The van der Waals surface area contributed by atoms with Gasteiger partial charge in [0.2, 0.25) is 65.0 Å². The van der Waals surface area contributed by atoms with Gasteiger partial charge in [-0.05, 0) is 98.8 Å². The van der Waals surface area contributed by atoms with E-state index in [4.69, 9.17) is 0 Å². The number of aliphatic hydroxyl groups is 1. The van der Waals surface area contributed by atoms with Crippen molar-refractivity contribution in [2.45, 2.75) is 214 Å². The van der Waals surface area contributed by atoms with Gasteiger partial charge in [0.05, 0.1) is 12.5 Å². The Hall–Kier alpha value is -8.81. The van der Waals surface area contributed by atoms with Gasteiger partial charge in [-0.1, -0.05) is 142 Å². The minimum atomic E-state index is -1.75. The highest BCUT2D eigenvalue weighted by Gasteiger charge is 2.44. The lowest BCUT2D eigenvalue weighted by Gasteiger charge is -2.38. The summed E-state index contributed by atoms with van der Waals surface area (Å²) in [5, 5.41) is 32.7. The Morgan fingerprint density at radius 2 is 0.941 bits per heavy atom. The number of nitrogens with one attached hydrogen (secondary N) is 4. The van der Waals surface area contributed by atoms with Crippen LogP contribution in [0.3, 0.4) is 0 Å². The number of halogens is 1. The van der Waals surface area contributed by atoms with E-state index < -0.39 is 168 Å². The zero-order valence-corrected chi connectivity index (χ0v) is 63.3. The molecule has 25 nitrogen and oxygen atoms in total. The first kappa shape index (κ1) is 85.6. The molecular weight excluding hydrogens is 1310 g/mol. The van der Waals surface area contributed by atoms with Gasteiger partial charge in [0.1, 0.15) is 60.4 Å². The SMILES string of the molecule is CC[C@H](C)[C@@H]1NC(=O)[C@H](CC(C)C)N(C)C(=O)CCCN(C)C(=O)C[C@@H](C(=O)c2ccccc2)NC(=O)[C@H](CC(C)C)N(C)C(=O)[C@H](C)N(C)C(=O)[C@H]([C@@H](C)O)NC(=O)[C@H](CC(C)C)N(C)C(=O)[C@H](Cc2ccc(O)c(F)c2)NC(=O)[C@H](CC(C)C)N(C)C(=O)[C@H](Cc2ccccc2)N(C)C1=O. The van der Waals surface area contributed by atoms with Crippen LogP contribution in [0.1, 0.15) is 156 Å². The van der Waals surface area contributed by atoms with Gasteiger partial charge in [-0.3, -0.25) is 57.5 Å². The second-order valence-corrected chi connectivity index (χ2v) is 29.3. The van der Waals surface area contributed by atoms with Crippen molar-refractivity contribution in [3.05, 3.63) is 101 Å². The van der Waals surface area contributed by atoms with Gasteiger partial charge in [0, 0.05) is 80.7 Å². The number of amides is 11. The zero-order chi connectivity index (χ0) is 76.9. The monoisotopic (exact) mass is 1420 g/mol. The van der Waals surface area contributed by atoms with Gasteiger partial charge in [0.15, 0.2) is 17.3 Å². The number of nitrogens with zero attached hydrogens (tertiary/aromatic N) is 7. The molecule has 0 aromatic heterocycles. The highest BCUT2D eigenvalue weighted by Crippen LogP contribution is 2.25. The fourth-order valence-electron chi connectivity index (χ4n) is 12.5. The molecule has 26 heteroatoms. The summed E-state index contributed by atoms with van der Waals surface area (Å²) in [6.07, 6.45) is -2.12. The van der Waals surface area contributed by atoms with Crippen LogP contribution >= 0.6 is 0 Å². The summed E-state index contributed by atoms with van der Waals surface area (Å²) in [5.41, 5.74) is 0.949. The molecule has 1 aliphatic heterocycles. The predicted octanol–water partition coefficient (Wildman–Crippen LogP) is 5.37. The third-order valence-corrected chi connectivity index (χ3v) is 19.2. The number of hydrogen-bond donors (Lipinski definition) is 6. The van der Waals surface area contributed by atoms with Crippen molar-refractivity contribution in [3.8, 4) is 5.75 Å². The molecule has 0 unspecified atom stereocenters. The van der Waals surface area contributed by atoms with Crippen molar-refractivity contribution < 1.29 is 72.1 Å². The third-order valence-electron chi connectivity index (χ3n) is 19.2. The molecule has 1 heterocycles. The number of carbonyl (C=O) groups is 12. The van der Waals surface area contributed by atoms with Gasteiger partial charge in [-0.25, -0.2) is 4.39 Å². The van der Waals surface area contributed by atoms with E-state index >= 15 is 23.6 Å². The molecule has 6 N–H and O–H groups in total. The molecule has 4 rings (SSSR count). The fraction of sp³-hybridized carbons (Fsp3) is 0.605. The van der Waals surface area contributed by atoms with Crippen molar-refractivity contribution in [3.63, 3.8) is 0 Å². The number of carbonyl (C=O) groups excluding carboxylic acids is 12. The van der Waals surface area contributed by atoms with Crippen LogP contribution < -0.4 is 21.3 Å². The number of aromatic hydroxyl groups is 1. The first-order valence-electron chi connectivity index (χ1n) is 35.6. The first-order chi connectivity index (χ1) is 47.7. The molecule has 0 saturated carbocycles. The summed E-state index contributed by atoms with van der Waals surface area (Å²) < 4.78 is 15.2. The number of benzene rings is 3. The summed E-state index contributed by atoms with van der Waals surface area (Å²) in [6, 6.07) is 6.28. The Bertz CT molecular complexity index is 3370. The summed E-state index contributed by atoms with van der Waals surface area (Å²) in [7, 11) is 9.72. The molecule has 1 saturated heterocycles. The molecule has 1 fully saturated rings. The van der Waals surface area contributed by atoms with E-state index in [0.717, 1.165) is 26.8 Å². The molecule has 3 aromatic rings. The fourth-order valence-corrected chi connectivity index (χ4v) is 12.5. The average Bonchev–Trinajstić information content (AvgIpc) is 0.815. The summed E-state index contributed by atoms with van der Waals surface area (Å²) in [4.78, 5) is 187. The van der Waals surface area contributed by atoms with Gasteiger partial charge in [-0.2, -0.15) is 0 Å². The largest absolute Gasteiger partial charge is 0.505 e. The first-order valence-corrected chi connectivity index (χ1v) is 35.6. The van der Waals surface area contributed by atoms with Crippen molar-refractivity contribution in [2.24, 2.45) is 29.6 Å². The minimum Gasteiger partial charge on any atom is -0.505 e. The van der Waals surface area contributed by atoms with Crippen LogP contribution in [0.2, 0.25) is 0 Å². The normalized spacial score (nSPS) is 24.4. The lowest BCUT2D eigenvalue weighted by atomic mass is 9.94. The molecule has 1 aliphatic rings. The maximum atomic E-state index is 15.6. The number of hydrogen-bond acceptors (Lipinski definition) is 14. The lowest BCUT2D eigenvalue weighted by Crippen LogP contribution is -2.62. The number of aliphatic hydroxyl groups excluding tert-OH is 1. The van der Waals surface area contributed by atoms with Crippen molar-refractivity contribution in [2.75, 3.05) is 55.9 Å². The Morgan fingerprint density at radius 1 is 0.500 bits per heavy atom. The topological polar surface area (TPSA) is 316 Å². The molecule has 12 atom stereocenters. The number of likely N-dealkylation sites (N-methyl/N-ethyl adjacent to an activating group) is 6. The van der Waals surface area contributed by atoms with Crippen LogP contribution in [0, 0.1) is 35.4 Å². The number of phenolic OH excluding ortho intramolecular Hbond substituents is 1. The number of ketones is 1. The standard InChI is InChI=1S/C76H114FN11O14/c1-20-48(10)65-75(101)88(19)61(42-51-28-23-21-24-29-51)74(100)87(18)59(38-46(6)7)69(95)79-56(41-52-33-34-62(90)54(77)40-52)73(99)86(17)60(39-47(8)9)71(97)81-66(50(12)89)76(102)83(14)49(11)72(98)85(16)58(37-45(4)5)68(94)78-55(67(93)53-30-25-22-26-31-53)43-64(92)82(13)35-27-32-63(91)84(15)57(36-44(2)3)70(96)80-65/h21-26,28-31,33-34,40,44-50,55-61,65-66,89-90H,20,27,32,35-39,41-43H2,1-19H3,(H,78,94)(H,79,95)(H,80,96)(H,81,97)/t48-,49-,50+,55-,56-,57-,58-,59-,60-,61-,65-,66-/m0/s1. The lowest BCUT2D eigenvalue weighted by molar-refractivity contribution is -0.151. The van der Waals surface area contributed by atoms with E-state index in [0.29, 0.717) is 12.0 Å². The van der Waals surface area contributed by atoms with Gasteiger partial charge in [-0.15, -0.1) is 0 Å². The van der Waals surface area contributed by atoms with Crippen molar-refractivity contribution in [1.82, 2.24) is 55.6 Å². The molecule has 102 heavy (non-hydrogen) atoms. The minimum absolute atomic E-state index is 0.00591. The molecular formula is C76H114FN11O14. The maximum Gasteiger partial charge on any atom is 0.248 e. The molecule has 0 bridgehead atoms. The molecule has 564 valence electrons. The Labute approximate surface area is 602 Å². The number of phenols is 1. The predicted molar refractivity (Wildman–Crippen MR) is 386 cm³/mol.